The number of nitrogens with zero attached hydrogens (tertiary/aromatic N) is 1. The summed E-state index contributed by atoms with van der Waals surface area (Å²) in [6.07, 6.45) is 1.24. The van der Waals surface area contributed by atoms with E-state index in [1.54, 1.807) is 6.07 Å². The Kier molecular flexibility index (Phi) is 2.69. The van der Waals surface area contributed by atoms with E-state index in [1.807, 2.05) is 19.1 Å². The van der Waals surface area contributed by atoms with Gasteiger partial charge < -0.3 is 5.41 Å². The van der Waals surface area contributed by atoms with Crippen molar-refractivity contribution in [1.82, 2.24) is 0 Å². The van der Waals surface area contributed by atoms with Gasteiger partial charge in [0.1, 0.15) is 0 Å². The molecule has 1 aromatic rings. The molecule has 3 heteroatoms. The zero-order valence-corrected chi connectivity index (χ0v) is 7.46. The van der Waals surface area contributed by atoms with E-state index in [1.165, 1.54) is 6.21 Å². The molecule has 3 nitrogen and oxygen atoms in total. The van der Waals surface area contributed by atoms with Gasteiger partial charge in [0.2, 0.25) is 0 Å². The summed E-state index contributed by atoms with van der Waals surface area (Å²) in [7, 11) is 0. The van der Waals surface area contributed by atoms with Crippen LogP contribution in [-0.4, -0.2) is 18.8 Å². The van der Waals surface area contributed by atoms with Crippen molar-refractivity contribution < 1.29 is 0 Å². The summed E-state index contributed by atoms with van der Waals surface area (Å²) in [6.45, 7) is 5.20. The molecule has 0 aliphatic heterocycles. The molecule has 1 aromatic carbocycles. The van der Waals surface area contributed by atoms with E-state index < -0.39 is 0 Å². The molecule has 0 spiro atoms. The molecule has 13 heavy (non-hydrogen) atoms. The summed E-state index contributed by atoms with van der Waals surface area (Å²) >= 11 is 0. The van der Waals surface area contributed by atoms with Crippen LogP contribution in [0, 0.1) is 17.7 Å². The lowest BCUT2D eigenvalue weighted by atomic mass is 10.0. The average Bonchev–Trinajstić information content (AvgIpc) is 2.16. The molecule has 0 saturated carbocycles. The molecule has 66 valence electrons. The molecule has 0 radical (unpaired) electrons. The first-order valence-corrected chi connectivity index (χ1v) is 3.86. The molecule has 0 saturated heterocycles. The molecular formula is C10H11N3. The van der Waals surface area contributed by atoms with Gasteiger partial charge in [0.05, 0.1) is 0 Å². The molecule has 0 atom stereocenters. The summed E-state index contributed by atoms with van der Waals surface area (Å²) in [5, 5.41) is 14.7. The van der Waals surface area contributed by atoms with Crippen molar-refractivity contribution in [3.8, 4) is 0 Å². The zero-order valence-electron chi connectivity index (χ0n) is 7.46. The van der Waals surface area contributed by atoms with Crippen LogP contribution in [-0.2, 0) is 0 Å². The monoisotopic (exact) mass is 173 g/mol. The summed E-state index contributed by atoms with van der Waals surface area (Å²) in [4.78, 5) is 3.54. The first-order chi connectivity index (χ1) is 6.20. The van der Waals surface area contributed by atoms with Crippen molar-refractivity contribution in [3.63, 3.8) is 0 Å². The van der Waals surface area contributed by atoms with Crippen LogP contribution in [0.4, 0.5) is 0 Å². The molecule has 0 heterocycles. The van der Waals surface area contributed by atoms with E-state index in [-0.39, 0.29) is 5.84 Å². The second-order valence-electron chi connectivity index (χ2n) is 2.69. The third-order valence-corrected chi connectivity index (χ3v) is 1.88. The molecule has 0 fully saturated rings. The number of amidine groups is 1. The second kappa shape index (κ2) is 3.76. The Balaban J connectivity index is 3.35. The van der Waals surface area contributed by atoms with Crippen molar-refractivity contribution >= 4 is 18.8 Å². The third-order valence-electron chi connectivity index (χ3n) is 1.88. The van der Waals surface area contributed by atoms with E-state index in [9.17, 15) is 0 Å². The Labute approximate surface area is 77.2 Å². The van der Waals surface area contributed by atoms with Gasteiger partial charge in [-0.15, -0.1) is 0 Å². The second-order valence-corrected chi connectivity index (χ2v) is 2.69. The van der Waals surface area contributed by atoms with Crippen LogP contribution < -0.4 is 0 Å². The van der Waals surface area contributed by atoms with E-state index in [0.29, 0.717) is 5.56 Å². The summed E-state index contributed by atoms with van der Waals surface area (Å²) in [6, 6.07) is 5.52. The lowest BCUT2D eigenvalue weighted by Gasteiger charge is -2.05. The standard InChI is InChI=1S/C10H11N3/c1-7-4-3-5-8(9(7)6-11)10(12)13-2/h3-6,11-12H,2H2,1H3. The van der Waals surface area contributed by atoms with Gasteiger partial charge >= 0.3 is 0 Å². The Hall–Kier alpha value is -1.77. The lowest BCUT2D eigenvalue weighted by molar-refractivity contribution is 1.37. The Morgan fingerprint density at radius 2 is 2.23 bits per heavy atom. The Bertz CT molecular complexity index is 366. The molecule has 2 N–H and O–H groups in total. The Morgan fingerprint density at radius 1 is 1.54 bits per heavy atom. The van der Waals surface area contributed by atoms with Crippen molar-refractivity contribution in [2.45, 2.75) is 6.92 Å². The largest absolute Gasteiger partial charge is 0.308 e. The average molecular weight is 173 g/mol. The quantitative estimate of drug-likeness (QED) is 0.507. The maximum absolute atomic E-state index is 7.49. The molecule has 1 rings (SSSR count). The zero-order chi connectivity index (χ0) is 9.84. The van der Waals surface area contributed by atoms with Crippen molar-refractivity contribution in [2.75, 3.05) is 0 Å². The van der Waals surface area contributed by atoms with Gasteiger partial charge in [-0.3, -0.25) is 5.41 Å². The number of rotatable bonds is 2. The predicted octanol–water partition coefficient (Wildman–Crippen LogP) is 2.02. The van der Waals surface area contributed by atoms with Gasteiger partial charge in [0.15, 0.2) is 5.84 Å². The first-order valence-electron chi connectivity index (χ1n) is 3.86. The minimum Gasteiger partial charge on any atom is -0.308 e. The predicted molar refractivity (Wildman–Crippen MR) is 55.4 cm³/mol. The van der Waals surface area contributed by atoms with E-state index in [4.69, 9.17) is 10.8 Å². The van der Waals surface area contributed by atoms with Crippen LogP contribution in [0.25, 0.3) is 0 Å². The van der Waals surface area contributed by atoms with Crippen molar-refractivity contribution in [1.29, 1.82) is 10.8 Å². The number of hydrogen-bond donors (Lipinski definition) is 2. The van der Waals surface area contributed by atoms with Crippen LogP contribution in [0.15, 0.2) is 23.2 Å². The molecule has 0 aliphatic carbocycles. The minimum absolute atomic E-state index is 0.113. The highest BCUT2D eigenvalue weighted by Gasteiger charge is 2.05. The van der Waals surface area contributed by atoms with E-state index in [0.717, 1.165) is 11.1 Å². The molecular weight excluding hydrogens is 162 g/mol. The van der Waals surface area contributed by atoms with Crippen LogP contribution in [0.3, 0.4) is 0 Å². The van der Waals surface area contributed by atoms with Crippen molar-refractivity contribution in [2.24, 2.45) is 4.99 Å². The molecule has 0 unspecified atom stereocenters. The van der Waals surface area contributed by atoms with E-state index >= 15 is 0 Å². The molecule has 0 aliphatic rings. The smallest absolute Gasteiger partial charge is 0.151 e. The maximum Gasteiger partial charge on any atom is 0.151 e. The topological polar surface area (TPSA) is 60.1 Å². The van der Waals surface area contributed by atoms with Crippen molar-refractivity contribution in [3.05, 3.63) is 34.9 Å². The molecule has 0 aromatic heterocycles. The maximum atomic E-state index is 7.49. The lowest BCUT2D eigenvalue weighted by Crippen LogP contribution is -2.01. The van der Waals surface area contributed by atoms with Crippen LogP contribution in [0.1, 0.15) is 16.7 Å². The number of aliphatic imine (C=N–C) groups is 1. The van der Waals surface area contributed by atoms with E-state index in [2.05, 4.69) is 11.7 Å². The van der Waals surface area contributed by atoms with Gasteiger partial charge in [0.25, 0.3) is 0 Å². The Morgan fingerprint density at radius 3 is 2.77 bits per heavy atom. The van der Waals surface area contributed by atoms with Crippen LogP contribution in [0.2, 0.25) is 0 Å². The van der Waals surface area contributed by atoms with Gasteiger partial charge in [-0.1, -0.05) is 18.2 Å². The van der Waals surface area contributed by atoms with Gasteiger partial charge in [-0.25, -0.2) is 4.99 Å². The number of hydrogen-bond acceptors (Lipinski definition) is 2. The fourth-order valence-corrected chi connectivity index (χ4v) is 1.16. The third kappa shape index (κ3) is 1.69. The fraction of sp³-hybridized carbons (Fsp3) is 0.100. The number of aryl methyl sites for hydroxylation is 1. The first kappa shape index (κ1) is 9.32. The molecule has 0 amide bonds. The summed E-state index contributed by atoms with van der Waals surface area (Å²) in [5.41, 5.74) is 2.37. The van der Waals surface area contributed by atoms with Gasteiger partial charge in [-0.05, 0) is 19.2 Å². The summed E-state index contributed by atoms with van der Waals surface area (Å²) < 4.78 is 0. The number of benzene rings is 1. The normalized spacial score (nSPS) is 9.31. The SMILES string of the molecule is C=NC(=N)c1cccc(C)c1C=N. The number of nitrogens with one attached hydrogen (secondary N) is 2. The highest BCUT2D eigenvalue weighted by atomic mass is 14.8. The van der Waals surface area contributed by atoms with Crippen LogP contribution in [0.5, 0.6) is 0 Å². The highest BCUT2D eigenvalue weighted by Crippen LogP contribution is 2.12. The summed E-state index contributed by atoms with van der Waals surface area (Å²) in [5.74, 6) is 0.113. The van der Waals surface area contributed by atoms with Gasteiger partial charge in [0, 0.05) is 17.3 Å². The fourth-order valence-electron chi connectivity index (χ4n) is 1.16. The van der Waals surface area contributed by atoms with Gasteiger partial charge in [-0.2, -0.15) is 0 Å². The van der Waals surface area contributed by atoms with Crippen LogP contribution >= 0.6 is 0 Å². The molecule has 0 bridgehead atoms. The minimum atomic E-state index is 0.113. The highest BCUT2D eigenvalue weighted by molar-refractivity contribution is 6.05.